The van der Waals surface area contributed by atoms with Crippen molar-refractivity contribution in [3.05, 3.63) is 54.7 Å². The van der Waals surface area contributed by atoms with Crippen LogP contribution in [0.4, 0.5) is 26.1 Å². The molecule has 0 atom stereocenters. The van der Waals surface area contributed by atoms with Gasteiger partial charge in [-0.2, -0.15) is 4.98 Å². The van der Waals surface area contributed by atoms with Gasteiger partial charge in [0.15, 0.2) is 5.65 Å². The zero-order valence-corrected chi connectivity index (χ0v) is 17.8. The highest BCUT2D eigenvalue weighted by molar-refractivity contribution is 5.71. The standard InChI is InChI=1S/C22H23F2N7O/c1-15-13-30(14-25-15)17-6-5-16(12-19(17)32-2)26-21-27-20-18(4-3-9-31(20)28-21)29-10-7-22(23,24)8-11-29/h3-6,9,12-14H,7-8,10-11H2,1-2H3,(H,26,28). The molecule has 5 rings (SSSR count). The Bertz CT molecular complexity index is 1260. The molecule has 0 aliphatic carbocycles. The average Bonchev–Trinajstić information content (AvgIpc) is 3.39. The molecule has 1 aliphatic rings. The number of aryl methyl sites for hydroxylation is 1. The zero-order chi connectivity index (χ0) is 22.3. The van der Waals surface area contributed by atoms with Crippen molar-refractivity contribution in [2.75, 3.05) is 30.4 Å². The summed E-state index contributed by atoms with van der Waals surface area (Å²) < 4.78 is 36.3. The van der Waals surface area contributed by atoms with Crippen LogP contribution in [0.1, 0.15) is 18.5 Å². The highest BCUT2D eigenvalue weighted by atomic mass is 19.3. The number of rotatable bonds is 5. The summed E-state index contributed by atoms with van der Waals surface area (Å²) in [7, 11) is 1.62. The van der Waals surface area contributed by atoms with Crippen LogP contribution in [0.5, 0.6) is 5.75 Å². The van der Waals surface area contributed by atoms with Crippen LogP contribution in [0.2, 0.25) is 0 Å². The zero-order valence-electron chi connectivity index (χ0n) is 17.8. The predicted molar refractivity (Wildman–Crippen MR) is 118 cm³/mol. The Morgan fingerprint density at radius 2 is 1.94 bits per heavy atom. The van der Waals surface area contributed by atoms with Crippen LogP contribution >= 0.6 is 0 Å². The van der Waals surface area contributed by atoms with Gasteiger partial charge >= 0.3 is 0 Å². The minimum absolute atomic E-state index is 0.157. The average molecular weight is 439 g/mol. The van der Waals surface area contributed by atoms with Crippen LogP contribution in [0.25, 0.3) is 11.3 Å². The molecule has 1 aromatic carbocycles. The Morgan fingerprint density at radius 1 is 1.12 bits per heavy atom. The number of fused-ring (bicyclic) bond motifs is 1. The van der Waals surface area contributed by atoms with Gasteiger partial charge in [-0.25, -0.2) is 18.3 Å². The number of nitrogens with one attached hydrogen (secondary N) is 1. The fourth-order valence-electron chi connectivity index (χ4n) is 3.92. The van der Waals surface area contributed by atoms with Gasteiger partial charge < -0.3 is 19.5 Å². The highest BCUT2D eigenvalue weighted by Crippen LogP contribution is 2.32. The number of hydrogen-bond acceptors (Lipinski definition) is 6. The highest BCUT2D eigenvalue weighted by Gasteiger charge is 2.34. The Morgan fingerprint density at radius 3 is 2.66 bits per heavy atom. The number of nitrogens with zero attached hydrogens (tertiary/aromatic N) is 6. The molecule has 3 aromatic heterocycles. The molecule has 4 heterocycles. The van der Waals surface area contributed by atoms with Crippen molar-refractivity contribution < 1.29 is 13.5 Å². The summed E-state index contributed by atoms with van der Waals surface area (Å²) in [6, 6.07) is 9.44. The number of piperidine rings is 1. The third kappa shape index (κ3) is 3.83. The van der Waals surface area contributed by atoms with Gasteiger partial charge in [0.25, 0.3) is 5.92 Å². The normalized spacial score (nSPS) is 15.8. The fraction of sp³-hybridized carbons (Fsp3) is 0.318. The third-order valence-electron chi connectivity index (χ3n) is 5.60. The van der Waals surface area contributed by atoms with Crippen LogP contribution in [0.3, 0.4) is 0 Å². The third-order valence-corrected chi connectivity index (χ3v) is 5.60. The number of pyridine rings is 1. The number of ether oxygens (including phenoxy) is 1. The van der Waals surface area contributed by atoms with Crippen LogP contribution in [-0.4, -0.2) is 50.3 Å². The van der Waals surface area contributed by atoms with Gasteiger partial charge in [0, 0.05) is 50.1 Å². The second-order valence-electron chi connectivity index (χ2n) is 7.87. The monoisotopic (exact) mass is 439 g/mol. The van der Waals surface area contributed by atoms with Crippen LogP contribution in [0, 0.1) is 6.92 Å². The summed E-state index contributed by atoms with van der Waals surface area (Å²) in [5.41, 5.74) is 3.96. The molecule has 0 radical (unpaired) electrons. The van der Waals surface area contributed by atoms with Crippen molar-refractivity contribution in [3.8, 4) is 11.4 Å². The van der Waals surface area contributed by atoms with E-state index in [0.717, 1.165) is 22.8 Å². The summed E-state index contributed by atoms with van der Waals surface area (Å²) >= 11 is 0. The van der Waals surface area contributed by atoms with E-state index in [-0.39, 0.29) is 25.9 Å². The molecule has 10 heteroatoms. The number of halogens is 2. The van der Waals surface area contributed by atoms with E-state index in [4.69, 9.17) is 4.74 Å². The first-order chi connectivity index (χ1) is 15.4. The number of aromatic nitrogens is 5. The summed E-state index contributed by atoms with van der Waals surface area (Å²) in [6.45, 7) is 2.50. The molecule has 4 aromatic rings. The molecule has 0 spiro atoms. The topological polar surface area (TPSA) is 72.5 Å². The Balaban J connectivity index is 1.41. The first kappa shape index (κ1) is 20.2. The molecule has 166 valence electrons. The van der Waals surface area contributed by atoms with E-state index >= 15 is 0 Å². The fourth-order valence-corrected chi connectivity index (χ4v) is 3.92. The van der Waals surface area contributed by atoms with Crippen molar-refractivity contribution >= 4 is 23.0 Å². The van der Waals surface area contributed by atoms with Gasteiger partial charge in [0.2, 0.25) is 5.95 Å². The first-order valence-electron chi connectivity index (χ1n) is 10.4. The second-order valence-corrected chi connectivity index (χ2v) is 7.87. The maximum absolute atomic E-state index is 13.6. The number of imidazole rings is 1. The van der Waals surface area contributed by atoms with Gasteiger partial charge in [0.1, 0.15) is 5.75 Å². The molecule has 0 unspecified atom stereocenters. The quantitative estimate of drug-likeness (QED) is 0.502. The molecule has 0 amide bonds. The molecular formula is C22H23F2N7O. The molecular weight excluding hydrogens is 416 g/mol. The lowest BCUT2D eigenvalue weighted by molar-refractivity contribution is -0.0220. The van der Waals surface area contributed by atoms with Gasteiger partial charge in [-0.1, -0.05) is 0 Å². The van der Waals surface area contributed by atoms with Gasteiger partial charge in [-0.15, -0.1) is 5.10 Å². The summed E-state index contributed by atoms with van der Waals surface area (Å²) in [6.07, 6.45) is 5.14. The van der Waals surface area contributed by atoms with Crippen LogP contribution < -0.4 is 15.0 Å². The van der Waals surface area contributed by atoms with Crippen LogP contribution in [0.15, 0.2) is 49.1 Å². The minimum atomic E-state index is -2.59. The number of hydrogen-bond donors (Lipinski definition) is 1. The summed E-state index contributed by atoms with van der Waals surface area (Å²) in [5, 5.41) is 7.70. The van der Waals surface area contributed by atoms with Gasteiger partial charge in [0.05, 0.1) is 30.5 Å². The molecule has 32 heavy (non-hydrogen) atoms. The van der Waals surface area contributed by atoms with Crippen molar-refractivity contribution in [3.63, 3.8) is 0 Å². The van der Waals surface area contributed by atoms with E-state index in [1.807, 2.05) is 52.9 Å². The summed E-state index contributed by atoms with van der Waals surface area (Å²) in [5.74, 6) is -1.51. The molecule has 0 bridgehead atoms. The molecule has 1 N–H and O–H groups in total. The van der Waals surface area contributed by atoms with Crippen molar-refractivity contribution in [1.82, 2.24) is 24.1 Å². The Labute approximate surface area is 183 Å². The Hall–Kier alpha value is -3.69. The smallest absolute Gasteiger partial charge is 0.251 e. The van der Waals surface area contributed by atoms with E-state index in [2.05, 4.69) is 20.4 Å². The van der Waals surface area contributed by atoms with Crippen molar-refractivity contribution in [1.29, 1.82) is 0 Å². The minimum Gasteiger partial charge on any atom is -0.494 e. The largest absolute Gasteiger partial charge is 0.494 e. The predicted octanol–water partition coefficient (Wildman–Crippen LogP) is 4.21. The van der Waals surface area contributed by atoms with E-state index in [9.17, 15) is 8.78 Å². The number of alkyl halides is 2. The summed E-state index contributed by atoms with van der Waals surface area (Å²) in [4.78, 5) is 10.8. The lowest BCUT2D eigenvalue weighted by Gasteiger charge is -2.33. The van der Waals surface area contributed by atoms with E-state index in [0.29, 0.717) is 17.3 Å². The molecule has 1 aliphatic heterocycles. The number of anilines is 3. The van der Waals surface area contributed by atoms with Crippen molar-refractivity contribution in [2.24, 2.45) is 0 Å². The van der Waals surface area contributed by atoms with E-state index in [1.54, 1.807) is 24.1 Å². The first-order valence-corrected chi connectivity index (χ1v) is 10.4. The lowest BCUT2D eigenvalue weighted by Crippen LogP contribution is -2.39. The van der Waals surface area contributed by atoms with Crippen LogP contribution in [-0.2, 0) is 0 Å². The lowest BCUT2D eigenvalue weighted by atomic mass is 10.1. The van der Waals surface area contributed by atoms with Gasteiger partial charge in [-0.05, 0) is 31.2 Å². The SMILES string of the molecule is COc1cc(Nc2nc3c(N4CCC(F)(F)CC4)cccn3n2)ccc1-n1cnc(C)c1. The number of methoxy groups -OCH3 is 1. The Kier molecular flexibility index (Phi) is 4.91. The maximum Gasteiger partial charge on any atom is 0.251 e. The number of benzene rings is 1. The maximum atomic E-state index is 13.6. The van der Waals surface area contributed by atoms with Gasteiger partial charge in [-0.3, -0.25) is 0 Å². The second kappa shape index (κ2) is 7.77. The van der Waals surface area contributed by atoms with Crippen molar-refractivity contribution in [2.45, 2.75) is 25.7 Å². The van der Waals surface area contributed by atoms with E-state index in [1.165, 1.54) is 0 Å². The molecule has 0 saturated carbocycles. The molecule has 1 fully saturated rings. The molecule has 1 saturated heterocycles. The van der Waals surface area contributed by atoms with E-state index < -0.39 is 5.92 Å². The molecule has 8 nitrogen and oxygen atoms in total.